The highest BCUT2D eigenvalue weighted by Crippen LogP contribution is 2.29. The van der Waals surface area contributed by atoms with Crippen molar-refractivity contribution in [1.29, 1.82) is 0 Å². The van der Waals surface area contributed by atoms with Crippen LogP contribution in [0.1, 0.15) is 38.6 Å². The van der Waals surface area contributed by atoms with Gasteiger partial charge in [0.15, 0.2) is 12.4 Å². The van der Waals surface area contributed by atoms with Gasteiger partial charge < -0.3 is 9.26 Å². The van der Waals surface area contributed by atoms with Gasteiger partial charge in [-0.25, -0.2) is 4.79 Å². The maximum Gasteiger partial charge on any atom is 0.416 e. The minimum absolute atomic E-state index is 0.185. The quantitative estimate of drug-likeness (QED) is 0.316. The number of esters is 1. The molecule has 0 saturated heterocycles. The van der Waals surface area contributed by atoms with E-state index in [1.807, 2.05) is 0 Å². The van der Waals surface area contributed by atoms with Crippen LogP contribution in [0.25, 0.3) is 11.9 Å². The number of nitrogens with zero attached hydrogens (tertiary/aromatic N) is 2. The number of ketones is 1. The average Bonchev–Trinajstić information content (AvgIpc) is 3.26. The summed E-state index contributed by atoms with van der Waals surface area (Å²) in [5.74, 6) is -0.100. The summed E-state index contributed by atoms with van der Waals surface area (Å²) in [6, 6.07) is 7.90. The minimum atomic E-state index is -4.48. The number of hydrogen-bond donors (Lipinski definition) is 0. The number of aromatic nitrogens is 2. The zero-order valence-corrected chi connectivity index (χ0v) is 17.0. The fourth-order valence-corrected chi connectivity index (χ4v) is 3.10. The molecule has 162 valence electrons. The number of rotatable bonds is 6. The fraction of sp³-hybridized carbons (Fsp3) is 0.227. The van der Waals surface area contributed by atoms with Crippen LogP contribution in [0.2, 0.25) is 0 Å². The number of carbonyl (C=O) groups excluding carboxylic acids is 2. The summed E-state index contributed by atoms with van der Waals surface area (Å²) in [7, 11) is 0. The van der Waals surface area contributed by atoms with Crippen LogP contribution in [0, 0.1) is 20.8 Å². The van der Waals surface area contributed by atoms with Gasteiger partial charge in [0, 0.05) is 29.1 Å². The Labute approximate surface area is 175 Å². The lowest BCUT2D eigenvalue weighted by Gasteiger charge is -2.06. The molecule has 3 aromatic rings. The Morgan fingerprint density at radius 3 is 2.55 bits per heavy atom. The van der Waals surface area contributed by atoms with Crippen LogP contribution in [0.5, 0.6) is 0 Å². The zero-order chi connectivity index (χ0) is 22.8. The van der Waals surface area contributed by atoms with Crippen molar-refractivity contribution in [3.63, 3.8) is 0 Å². The Morgan fingerprint density at radius 1 is 1.16 bits per heavy atom. The van der Waals surface area contributed by atoms with E-state index in [2.05, 4.69) is 5.16 Å². The zero-order valence-electron chi connectivity index (χ0n) is 17.0. The number of hydrogen-bond acceptors (Lipinski definition) is 5. The van der Waals surface area contributed by atoms with Gasteiger partial charge in [-0.1, -0.05) is 17.3 Å². The van der Waals surface area contributed by atoms with Crippen LogP contribution in [0.4, 0.5) is 13.2 Å². The van der Waals surface area contributed by atoms with Gasteiger partial charge in [-0.2, -0.15) is 13.2 Å². The highest BCUT2D eigenvalue weighted by atomic mass is 19.4. The average molecular weight is 432 g/mol. The van der Waals surface area contributed by atoms with Crippen molar-refractivity contribution in [1.82, 2.24) is 9.72 Å². The Hall–Kier alpha value is -3.62. The van der Waals surface area contributed by atoms with Crippen LogP contribution in [-0.4, -0.2) is 28.1 Å². The second kappa shape index (κ2) is 8.63. The fourth-order valence-electron chi connectivity index (χ4n) is 3.10. The third kappa shape index (κ3) is 5.11. The number of ether oxygens (including phenoxy) is 1. The molecule has 0 atom stereocenters. The first kappa shape index (κ1) is 22.1. The third-order valence-electron chi connectivity index (χ3n) is 4.55. The SMILES string of the molecule is Cc1cc(-n2c(C)cc(C(=O)COC(=O)/C=C/c3cccc(C(F)(F)F)c3)c2C)no1. The lowest BCUT2D eigenvalue weighted by atomic mass is 10.1. The van der Waals surface area contributed by atoms with Crippen molar-refractivity contribution in [2.75, 3.05) is 6.61 Å². The Bertz CT molecular complexity index is 1160. The van der Waals surface area contributed by atoms with Gasteiger partial charge in [-0.3, -0.25) is 9.36 Å². The molecule has 0 bridgehead atoms. The second-order valence-corrected chi connectivity index (χ2v) is 6.90. The number of alkyl halides is 3. The molecule has 0 aliphatic carbocycles. The summed E-state index contributed by atoms with van der Waals surface area (Å²) in [6.45, 7) is 4.79. The highest BCUT2D eigenvalue weighted by Gasteiger charge is 2.30. The predicted molar refractivity (Wildman–Crippen MR) is 106 cm³/mol. The molecular formula is C22H19F3N2O4. The summed E-state index contributed by atoms with van der Waals surface area (Å²) >= 11 is 0. The van der Waals surface area contributed by atoms with E-state index in [0.717, 1.165) is 23.9 Å². The summed E-state index contributed by atoms with van der Waals surface area (Å²) in [6.07, 6.45) is -2.31. The molecule has 31 heavy (non-hydrogen) atoms. The van der Waals surface area contributed by atoms with Crippen molar-refractivity contribution in [2.45, 2.75) is 26.9 Å². The first-order valence-corrected chi connectivity index (χ1v) is 9.24. The van der Waals surface area contributed by atoms with E-state index in [-0.39, 0.29) is 5.56 Å². The lowest BCUT2D eigenvalue weighted by molar-refractivity contribution is -0.138. The van der Waals surface area contributed by atoms with Gasteiger partial charge in [-0.15, -0.1) is 0 Å². The lowest BCUT2D eigenvalue weighted by Crippen LogP contribution is -2.13. The molecule has 6 nitrogen and oxygen atoms in total. The number of halogens is 3. The molecule has 0 saturated carbocycles. The van der Waals surface area contributed by atoms with E-state index in [1.54, 1.807) is 37.5 Å². The molecule has 3 rings (SSSR count). The molecule has 9 heteroatoms. The van der Waals surface area contributed by atoms with Crippen LogP contribution < -0.4 is 0 Å². The number of Topliss-reactive ketones (excluding diaryl/α,β-unsaturated/α-hetero) is 1. The van der Waals surface area contributed by atoms with E-state index < -0.39 is 30.1 Å². The summed E-state index contributed by atoms with van der Waals surface area (Å²) in [5, 5.41) is 3.94. The standard InChI is InChI=1S/C22H19F3N2O4/c1-13-9-18(15(3)27(13)20-10-14(2)31-26-20)19(28)12-30-21(29)8-7-16-5-4-6-17(11-16)22(23,24)25/h4-11H,12H2,1-3H3/b8-7+. The Balaban J connectivity index is 1.65. The van der Waals surface area contributed by atoms with E-state index in [9.17, 15) is 22.8 Å². The molecule has 2 heterocycles. The third-order valence-corrected chi connectivity index (χ3v) is 4.55. The van der Waals surface area contributed by atoms with E-state index in [1.165, 1.54) is 18.2 Å². The number of aryl methyl sites for hydroxylation is 2. The molecule has 2 aromatic heterocycles. The summed E-state index contributed by atoms with van der Waals surface area (Å²) in [5.41, 5.74) is 1.10. The molecule has 0 N–H and O–H groups in total. The van der Waals surface area contributed by atoms with Crippen LogP contribution in [-0.2, 0) is 15.7 Å². The van der Waals surface area contributed by atoms with Crippen molar-refractivity contribution >= 4 is 17.8 Å². The van der Waals surface area contributed by atoms with Crippen molar-refractivity contribution < 1.29 is 32.0 Å². The number of benzene rings is 1. The van der Waals surface area contributed by atoms with Crippen LogP contribution in [0.15, 0.2) is 47.0 Å². The van der Waals surface area contributed by atoms with Gasteiger partial charge in [-0.05, 0) is 50.6 Å². The molecule has 0 aliphatic rings. The van der Waals surface area contributed by atoms with Crippen molar-refractivity contribution in [3.8, 4) is 5.82 Å². The molecule has 0 aliphatic heterocycles. The smallest absolute Gasteiger partial charge is 0.416 e. The molecule has 0 fully saturated rings. The molecular weight excluding hydrogens is 413 g/mol. The van der Waals surface area contributed by atoms with Crippen LogP contribution >= 0.6 is 0 Å². The van der Waals surface area contributed by atoms with Gasteiger partial charge in [0.2, 0.25) is 5.78 Å². The first-order valence-electron chi connectivity index (χ1n) is 9.24. The monoisotopic (exact) mass is 432 g/mol. The topological polar surface area (TPSA) is 74.3 Å². The van der Waals surface area contributed by atoms with Crippen molar-refractivity contribution in [3.05, 3.63) is 76.3 Å². The molecule has 0 radical (unpaired) electrons. The molecule has 0 spiro atoms. The number of carbonyl (C=O) groups is 2. The molecule has 0 unspecified atom stereocenters. The Morgan fingerprint density at radius 2 is 1.90 bits per heavy atom. The maximum absolute atomic E-state index is 12.7. The highest BCUT2D eigenvalue weighted by molar-refractivity contribution is 6.00. The van der Waals surface area contributed by atoms with Crippen LogP contribution in [0.3, 0.4) is 0 Å². The van der Waals surface area contributed by atoms with E-state index >= 15 is 0 Å². The first-order chi connectivity index (χ1) is 14.6. The Kier molecular flexibility index (Phi) is 6.14. The van der Waals surface area contributed by atoms with Gasteiger partial charge >= 0.3 is 12.1 Å². The van der Waals surface area contributed by atoms with E-state index in [0.29, 0.717) is 22.8 Å². The second-order valence-electron chi connectivity index (χ2n) is 6.90. The maximum atomic E-state index is 12.7. The molecule has 1 aromatic carbocycles. The largest absolute Gasteiger partial charge is 0.454 e. The van der Waals surface area contributed by atoms with Gasteiger partial charge in [0.25, 0.3) is 0 Å². The predicted octanol–water partition coefficient (Wildman–Crippen LogP) is 4.85. The van der Waals surface area contributed by atoms with Gasteiger partial charge in [0.05, 0.1) is 5.56 Å². The summed E-state index contributed by atoms with van der Waals surface area (Å²) in [4.78, 5) is 24.4. The summed E-state index contributed by atoms with van der Waals surface area (Å²) < 4.78 is 50.0. The minimum Gasteiger partial charge on any atom is -0.454 e. The van der Waals surface area contributed by atoms with Gasteiger partial charge in [0.1, 0.15) is 5.76 Å². The van der Waals surface area contributed by atoms with E-state index in [4.69, 9.17) is 9.26 Å². The van der Waals surface area contributed by atoms with Crippen molar-refractivity contribution in [2.24, 2.45) is 0 Å². The normalized spacial score (nSPS) is 11.8. The molecule has 0 amide bonds.